The highest BCUT2D eigenvalue weighted by Gasteiger charge is 2.14. The van der Waals surface area contributed by atoms with E-state index in [4.69, 9.17) is 4.74 Å². The number of hydrogen-bond acceptors (Lipinski definition) is 5. The second-order valence-electron chi connectivity index (χ2n) is 4.28. The van der Waals surface area contributed by atoms with Gasteiger partial charge in [-0.2, -0.15) is 0 Å². The van der Waals surface area contributed by atoms with Crippen LogP contribution in [0.3, 0.4) is 0 Å². The zero-order valence-electron chi connectivity index (χ0n) is 11.3. The summed E-state index contributed by atoms with van der Waals surface area (Å²) in [7, 11) is 1.62. The molecular formula is C14H19N3OS. The quantitative estimate of drug-likeness (QED) is 0.845. The largest absolute Gasteiger partial charge is 0.481 e. The summed E-state index contributed by atoms with van der Waals surface area (Å²) in [5.41, 5.74) is 0.980. The Balaban J connectivity index is 2.15. The summed E-state index contributed by atoms with van der Waals surface area (Å²) in [5.74, 6) is 0.611. The summed E-state index contributed by atoms with van der Waals surface area (Å²) >= 11 is 1.77. The average Bonchev–Trinajstić information content (AvgIpc) is 2.96. The van der Waals surface area contributed by atoms with Gasteiger partial charge in [0.2, 0.25) is 5.88 Å². The van der Waals surface area contributed by atoms with Crippen molar-refractivity contribution in [1.29, 1.82) is 0 Å². The maximum atomic E-state index is 5.17. The molecule has 1 atom stereocenters. The number of hydrogen-bond donors (Lipinski definition) is 1. The molecule has 19 heavy (non-hydrogen) atoms. The Labute approximate surface area is 117 Å². The zero-order valence-corrected chi connectivity index (χ0v) is 12.1. The number of rotatable bonds is 7. The molecule has 0 saturated heterocycles. The van der Waals surface area contributed by atoms with Gasteiger partial charge in [0, 0.05) is 17.4 Å². The lowest BCUT2D eigenvalue weighted by atomic mass is 10.1. The summed E-state index contributed by atoms with van der Waals surface area (Å²) < 4.78 is 5.17. The summed E-state index contributed by atoms with van der Waals surface area (Å²) in [6.45, 7) is 3.14. The average molecular weight is 277 g/mol. The Hall–Kier alpha value is -1.46. The number of aromatic nitrogens is 2. The molecule has 102 valence electrons. The molecule has 0 fully saturated rings. The van der Waals surface area contributed by atoms with Gasteiger partial charge >= 0.3 is 0 Å². The summed E-state index contributed by atoms with van der Waals surface area (Å²) in [6, 6.07) is 6.35. The van der Waals surface area contributed by atoms with E-state index >= 15 is 0 Å². The lowest BCUT2D eigenvalue weighted by molar-refractivity contribution is 0.393. The Bertz CT molecular complexity index is 487. The standard InChI is InChI=1S/C14H19N3OS/c1-3-6-15-12(8-11-5-4-7-19-11)13-9-14(18-2)17-10-16-13/h4-5,7,9-10,12,15H,3,6,8H2,1-2H3. The highest BCUT2D eigenvalue weighted by atomic mass is 32.1. The van der Waals surface area contributed by atoms with Crippen LogP contribution in [0.15, 0.2) is 29.9 Å². The minimum absolute atomic E-state index is 0.204. The van der Waals surface area contributed by atoms with Crippen molar-refractivity contribution >= 4 is 11.3 Å². The van der Waals surface area contributed by atoms with Gasteiger partial charge in [-0.05, 0) is 24.4 Å². The first-order chi connectivity index (χ1) is 9.33. The molecule has 0 spiro atoms. The van der Waals surface area contributed by atoms with Gasteiger partial charge in [-0.3, -0.25) is 0 Å². The normalized spacial score (nSPS) is 12.3. The number of nitrogens with zero attached hydrogens (tertiary/aromatic N) is 2. The first-order valence-electron chi connectivity index (χ1n) is 6.45. The summed E-state index contributed by atoms with van der Waals surface area (Å²) in [6.07, 6.45) is 3.60. The minimum atomic E-state index is 0.204. The zero-order chi connectivity index (χ0) is 13.5. The molecule has 1 unspecified atom stereocenters. The molecule has 0 amide bonds. The van der Waals surface area contributed by atoms with E-state index in [0.29, 0.717) is 5.88 Å². The topological polar surface area (TPSA) is 47.0 Å². The Morgan fingerprint density at radius 2 is 2.32 bits per heavy atom. The summed E-state index contributed by atoms with van der Waals surface area (Å²) in [4.78, 5) is 9.78. The van der Waals surface area contributed by atoms with Crippen molar-refractivity contribution in [1.82, 2.24) is 15.3 Å². The number of nitrogens with one attached hydrogen (secondary N) is 1. The SMILES string of the molecule is CCCNC(Cc1cccs1)c1cc(OC)ncn1. The van der Waals surface area contributed by atoms with Crippen molar-refractivity contribution in [2.24, 2.45) is 0 Å². The van der Waals surface area contributed by atoms with Crippen LogP contribution in [-0.4, -0.2) is 23.6 Å². The van der Waals surface area contributed by atoms with Crippen molar-refractivity contribution in [2.75, 3.05) is 13.7 Å². The second kappa shape index (κ2) is 7.21. The molecule has 2 aromatic heterocycles. The third-order valence-electron chi connectivity index (χ3n) is 2.86. The van der Waals surface area contributed by atoms with Gasteiger partial charge in [-0.1, -0.05) is 13.0 Å². The predicted molar refractivity (Wildman–Crippen MR) is 77.6 cm³/mol. The first kappa shape index (κ1) is 14.0. The molecule has 0 aliphatic heterocycles. The predicted octanol–water partition coefficient (Wildman–Crippen LogP) is 2.83. The second-order valence-corrected chi connectivity index (χ2v) is 5.31. The van der Waals surface area contributed by atoms with Crippen LogP contribution in [0, 0.1) is 0 Å². The first-order valence-corrected chi connectivity index (χ1v) is 7.33. The van der Waals surface area contributed by atoms with Crippen LogP contribution in [0.5, 0.6) is 5.88 Å². The smallest absolute Gasteiger partial charge is 0.216 e. The maximum absolute atomic E-state index is 5.17. The Morgan fingerprint density at radius 3 is 3.00 bits per heavy atom. The highest BCUT2D eigenvalue weighted by Crippen LogP contribution is 2.21. The molecule has 0 aromatic carbocycles. The van der Waals surface area contributed by atoms with E-state index in [1.165, 1.54) is 4.88 Å². The Kier molecular flexibility index (Phi) is 5.30. The molecule has 0 aliphatic carbocycles. The van der Waals surface area contributed by atoms with Gasteiger partial charge in [0.15, 0.2) is 0 Å². The fourth-order valence-electron chi connectivity index (χ4n) is 1.89. The molecule has 2 heterocycles. The molecule has 2 aromatic rings. The van der Waals surface area contributed by atoms with Crippen LogP contribution < -0.4 is 10.1 Å². The molecule has 2 rings (SSSR count). The minimum Gasteiger partial charge on any atom is -0.481 e. The van der Waals surface area contributed by atoms with E-state index in [0.717, 1.165) is 25.1 Å². The van der Waals surface area contributed by atoms with E-state index in [9.17, 15) is 0 Å². The third kappa shape index (κ3) is 4.01. The number of methoxy groups -OCH3 is 1. The van der Waals surface area contributed by atoms with E-state index in [-0.39, 0.29) is 6.04 Å². The molecule has 0 aliphatic rings. The van der Waals surface area contributed by atoms with Gasteiger partial charge < -0.3 is 10.1 Å². The molecule has 1 N–H and O–H groups in total. The van der Waals surface area contributed by atoms with Gasteiger partial charge in [0.1, 0.15) is 6.33 Å². The van der Waals surface area contributed by atoms with Crippen LogP contribution >= 0.6 is 11.3 Å². The van der Waals surface area contributed by atoms with Crippen LogP contribution in [0.2, 0.25) is 0 Å². The maximum Gasteiger partial charge on any atom is 0.216 e. The van der Waals surface area contributed by atoms with Gasteiger partial charge in [-0.15, -0.1) is 11.3 Å². The lowest BCUT2D eigenvalue weighted by Gasteiger charge is -2.17. The number of thiophene rings is 1. The van der Waals surface area contributed by atoms with E-state index < -0.39 is 0 Å². The molecule has 4 nitrogen and oxygen atoms in total. The third-order valence-corrected chi connectivity index (χ3v) is 3.75. The Morgan fingerprint density at radius 1 is 1.42 bits per heavy atom. The molecule has 0 saturated carbocycles. The van der Waals surface area contributed by atoms with E-state index in [1.54, 1.807) is 24.8 Å². The fourth-order valence-corrected chi connectivity index (χ4v) is 2.64. The van der Waals surface area contributed by atoms with Gasteiger partial charge in [0.25, 0.3) is 0 Å². The fraction of sp³-hybridized carbons (Fsp3) is 0.429. The van der Waals surface area contributed by atoms with Crippen LogP contribution in [0.4, 0.5) is 0 Å². The van der Waals surface area contributed by atoms with Crippen molar-refractivity contribution in [3.63, 3.8) is 0 Å². The van der Waals surface area contributed by atoms with Crippen molar-refractivity contribution in [2.45, 2.75) is 25.8 Å². The van der Waals surface area contributed by atoms with Crippen LogP contribution in [0.25, 0.3) is 0 Å². The highest BCUT2D eigenvalue weighted by molar-refractivity contribution is 7.09. The monoisotopic (exact) mass is 277 g/mol. The van der Waals surface area contributed by atoms with Crippen LogP contribution in [-0.2, 0) is 6.42 Å². The molecule has 0 radical (unpaired) electrons. The van der Waals surface area contributed by atoms with Crippen molar-refractivity contribution in [3.8, 4) is 5.88 Å². The van der Waals surface area contributed by atoms with Gasteiger partial charge in [0.05, 0.1) is 18.8 Å². The van der Waals surface area contributed by atoms with Crippen molar-refractivity contribution < 1.29 is 4.74 Å². The molecule has 5 heteroatoms. The summed E-state index contributed by atoms with van der Waals surface area (Å²) in [5, 5.41) is 5.64. The van der Waals surface area contributed by atoms with Crippen molar-refractivity contribution in [3.05, 3.63) is 40.5 Å². The van der Waals surface area contributed by atoms with Crippen LogP contribution in [0.1, 0.15) is 30.0 Å². The molecular weight excluding hydrogens is 258 g/mol. The lowest BCUT2D eigenvalue weighted by Crippen LogP contribution is -2.24. The molecule has 0 bridgehead atoms. The number of ether oxygens (including phenoxy) is 1. The van der Waals surface area contributed by atoms with E-state index in [2.05, 4.69) is 39.7 Å². The van der Waals surface area contributed by atoms with E-state index in [1.807, 2.05) is 6.07 Å². The van der Waals surface area contributed by atoms with Gasteiger partial charge in [-0.25, -0.2) is 9.97 Å².